The van der Waals surface area contributed by atoms with Gasteiger partial charge in [0.05, 0.1) is 5.92 Å². The van der Waals surface area contributed by atoms with Crippen molar-refractivity contribution < 1.29 is 27.9 Å². The smallest absolute Gasteiger partial charge is 0.392 e. The zero-order valence-electron chi connectivity index (χ0n) is 13.1. The predicted molar refractivity (Wildman–Crippen MR) is 81.2 cm³/mol. The van der Waals surface area contributed by atoms with E-state index in [0.29, 0.717) is 18.4 Å². The molecule has 1 amide bonds. The molecule has 2 rings (SSSR count). The number of hydrogen-bond acceptors (Lipinski definition) is 2. The minimum Gasteiger partial charge on any atom is -0.480 e. The van der Waals surface area contributed by atoms with Crippen LogP contribution in [0.4, 0.5) is 13.2 Å². The van der Waals surface area contributed by atoms with Crippen molar-refractivity contribution in [3.05, 3.63) is 35.9 Å². The molecule has 0 heterocycles. The summed E-state index contributed by atoms with van der Waals surface area (Å²) in [5.74, 6) is -4.99. The molecule has 132 valence electrons. The first-order valence-electron chi connectivity index (χ1n) is 7.93. The van der Waals surface area contributed by atoms with E-state index in [0.717, 1.165) is 0 Å². The largest absolute Gasteiger partial charge is 0.480 e. The molecule has 0 aromatic heterocycles. The maximum Gasteiger partial charge on any atom is 0.392 e. The van der Waals surface area contributed by atoms with Crippen LogP contribution in [-0.4, -0.2) is 29.2 Å². The van der Waals surface area contributed by atoms with Crippen LogP contribution in [0.5, 0.6) is 0 Å². The van der Waals surface area contributed by atoms with Gasteiger partial charge in [0.25, 0.3) is 0 Å². The van der Waals surface area contributed by atoms with Crippen molar-refractivity contribution in [2.24, 2.45) is 11.8 Å². The number of benzene rings is 1. The number of carboxylic acids is 1. The van der Waals surface area contributed by atoms with Crippen LogP contribution in [-0.2, 0) is 16.0 Å². The van der Waals surface area contributed by atoms with Crippen molar-refractivity contribution in [2.75, 3.05) is 0 Å². The Bertz CT molecular complexity index is 574. The molecule has 1 aliphatic rings. The van der Waals surface area contributed by atoms with E-state index in [1.807, 2.05) is 0 Å². The summed E-state index contributed by atoms with van der Waals surface area (Å²) in [5.41, 5.74) is 0.696. The first kappa shape index (κ1) is 18.3. The molecule has 0 bridgehead atoms. The molecule has 24 heavy (non-hydrogen) atoms. The van der Waals surface area contributed by atoms with Gasteiger partial charge < -0.3 is 10.4 Å². The first-order chi connectivity index (χ1) is 11.3. The second kappa shape index (κ2) is 7.68. The van der Waals surface area contributed by atoms with E-state index in [2.05, 4.69) is 5.32 Å². The van der Waals surface area contributed by atoms with E-state index in [1.54, 1.807) is 30.3 Å². The summed E-state index contributed by atoms with van der Waals surface area (Å²) in [6, 6.07) is 7.42. The van der Waals surface area contributed by atoms with E-state index >= 15 is 0 Å². The van der Waals surface area contributed by atoms with Crippen molar-refractivity contribution in [1.29, 1.82) is 0 Å². The number of aliphatic carboxylic acids is 1. The highest BCUT2D eigenvalue weighted by Gasteiger charge is 2.48. The average molecular weight is 343 g/mol. The summed E-state index contributed by atoms with van der Waals surface area (Å²) in [4.78, 5) is 23.6. The number of carboxylic acid groups (broad SMARTS) is 1. The fourth-order valence-electron chi connectivity index (χ4n) is 3.17. The maximum absolute atomic E-state index is 13.1. The Hall–Kier alpha value is -2.05. The lowest BCUT2D eigenvalue weighted by Crippen LogP contribution is -2.49. The van der Waals surface area contributed by atoms with Gasteiger partial charge in [-0.15, -0.1) is 0 Å². The molecular weight excluding hydrogens is 323 g/mol. The molecule has 4 nitrogen and oxygen atoms in total. The van der Waals surface area contributed by atoms with E-state index < -0.39 is 35.9 Å². The van der Waals surface area contributed by atoms with Gasteiger partial charge in [0.15, 0.2) is 0 Å². The van der Waals surface area contributed by atoms with Gasteiger partial charge in [0.2, 0.25) is 5.91 Å². The lowest BCUT2D eigenvalue weighted by atomic mass is 9.78. The van der Waals surface area contributed by atoms with Gasteiger partial charge in [-0.2, -0.15) is 13.2 Å². The third kappa shape index (κ3) is 4.72. The Morgan fingerprint density at radius 2 is 1.79 bits per heavy atom. The maximum atomic E-state index is 13.1. The van der Waals surface area contributed by atoms with Crippen molar-refractivity contribution in [2.45, 2.75) is 44.3 Å². The van der Waals surface area contributed by atoms with E-state index in [1.165, 1.54) is 0 Å². The summed E-state index contributed by atoms with van der Waals surface area (Å²) >= 11 is 0. The molecule has 7 heteroatoms. The molecule has 1 aliphatic carbocycles. The lowest BCUT2D eigenvalue weighted by molar-refractivity contribution is -0.198. The zero-order valence-corrected chi connectivity index (χ0v) is 13.1. The SMILES string of the molecule is O=C(O)C(Cc1ccccc1)NC(=O)C1CCCCC1C(F)(F)F. The van der Waals surface area contributed by atoms with E-state index in [9.17, 15) is 27.9 Å². The second-order valence-electron chi connectivity index (χ2n) is 6.13. The summed E-state index contributed by atoms with van der Waals surface area (Å²) in [7, 11) is 0. The van der Waals surface area contributed by atoms with E-state index in [-0.39, 0.29) is 19.3 Å². The van der Waals surface area contributed by atoms with Crippen LogP contribution < -0.4 is 5.32 Å². The number of rotatable bonds is 5. The number of nitrogens with one attached hydrogen (secondary N) is 1. The average Bonchev–Trinajstić information content (AvgIpc) is 2.54. The number of carbonyl (C=O) groups excluding carboxylic acids is 1. The predicted octanol–water partition coefficient (Wildman–Crippen LogP) is 3.17. The van der Waals surface area contributed by atoms with Gasteiger partial charge in [0, 0.05) is 12.3 Å². The molecule has 1 fully saturated rings. The van der Waals surface area contributed by atoms with Crippen LogP contribution in [0.1, 0.15) is 31.2 Å². The van der Waals surface area contributed by atoms with Crippen LogP contribution >= 0.6 is 0 Å². The Balaban J connectivity index is 2.07. The molecule has 0 radical (unpaired) electrons. The third-order valence-corrected chi connectivity index (χ3v) is 4.42. The third-order valence-electron chi connectivity index (χ3n) is 4.42. The molecule has 0 aliphatic heterocycles. The van der Waals surface area contributed by atoms with Gasteiger partial charge in [-0.25, -0.2) is 4.79 Å². The highest BCUT2D eigenvalue weighted by atomic mass is 19.4. The first-order valence-corrected chi connectivity index (χ1v) is 7.93. The molecule has 3 atom stereocenters. The van der Waals surface area contributed by atoms with Crippen molar-refractivity contribution >= 4 is 11.9 Å². The fraction of sp³-hybridized carbons (Fsp3) is 0.529. The molecule has 2 N–H and O–H groups in total. The topological polar surface area (TPSA) is 66.4 Å². The van der Waals surface area contributed by atoms with E-state index in [4.69, 9.17) is 0 Å². The quantitative estimate of drug-likeness (QED) is 0.863. The Morgan fingerprint density at radius 3 is 2.38 bits per heavy atom. The normalized spacial score (nSPS) is 22.6. The molecule has 0 spiro atoms. The van der Waals surface area contributed by atoms with Crippen LogP contribution in [0.15, 0.2) is 30.3 Å². The van der Waals surface area contributed by atoms with Crippen molar-refractivity contribution in [3.8, 4) is 0 Å². The molecular formula is C17H20F3NO3. The minimum atomic E-state index is -4.44. The summed E-state index contributed by atoms with van der Waals surface area (Å²) in [6.45, 7) is 0. The highest BCUT2D eigenvalue weighted by molar-refractivity contribution is 5.85. The number of alkyl halides is 3. The number of carbonyl (C=O) groups is 2. The van der Waals surface area contributed by atoms with Crippen LogP contribution in [0.2, 0.25) is 0 Å². The van der Waals surface area contributed by atoms with Crippen LogP contribution in [0.25, 0.3) is 0 Å². The summed E-state index contributed by atoms with van der Waals surface area (Å²) in [5, 5.41) is 11.6. The van der Waals surface area contributed by atoms with Crippen LogP contribution in [0, 0.1) is 11.8 Å². The fourth-order valence-corrected chi connectivity index (χ4v) is 3.17. The standard InChI is InChI=1S/C17H20F3NO3/c18-17(19,20)13-9-5-4-8-12(13)15(22)21-14(16(23)24)10-11-6-2-1-3-7-11/h1-3,6-7,12-14H,4-5,8-10H2,(H,21,22)(H,23,24). The molecule has 3 unspecified atom stereocenters. The molecule has 0 saturated heterocycles. The molecule has 1 aromatic rings. The monoisotopic (exact) mass is 343 g/mol. The van der Waals surface area contributed by atoms with Crippen molar-refractivity contribution in [1.82, 2.24) is 5.32 Å². The molecule has 1 saturated carbocycles. The summed E-state index contributed by atoms with van der Waals surface area (Å²) in [6.07, 6.45) is -3.39. The van der Waals surface area contributed by atoms with Gasteiger partial charge in [0.1, 0.15) is 6.04 Å². The second-order valence-corrected chi connectivity index (χ2v) is 6.13. The highest BCUT2D eigenvalue weighted by Crippen LogP contribution is 2.41. The lowest BCUT2D eigenvalue weighted by Gasteiger charge is -2.32. The number of halogens is 3. The van der Waals surface area contributed by atoms with Crippen molar-refractivity contribution in [3.63, 3.8) is 0 Å². The number of amides is 1. The summed E-state index contributed by atoms with van der Waals surface area (Å²) < 4.78 is 39.3. The molecule has 1 aromatic carbocycles. The van der Waals surface area contributed by atoms with Gasteiger partial charge in [-0.3, -0.25) is 4.79 Å². The minimum absolute atomic E-state index is 0.0331. The Morgan fingerprint density at radius 1 is 1.17 bits per heavy atom. The Kier molecular flexibility index (Phi) is 5.85. The van der Waals surface area contributed by atoms with Gasteiger partial charge in [-0.05, 0) is 18.4 Å². The zero-order chi connectivity index (χ0) is 17.7. The Labute approximate surface area is 138 Å². The van der Waals surface area contributed by atoms with Gasteiger partial charge in [-0.1, -0.05) is 43.2 Å². The number of hydrogen-bond donors (Lipinski definition) is 2. The van der Waals surface area contributed by atoms with Crippen LogP contribution in [0.3, 0.4) is 0 Å². The van der Waals surface area contributed by atoms with Gasteiger partial charge >= 0.3 is 12.1 Å².